The summed E-state index contributed by atoms with van der Waals surface area (Å²) >= 11 is 3.09. The molecule has 2 saturated heterocycles. The van der Waals surface area contributed by atoms with E-state index >= 15 is 0 Å². The Morgan fingerprint density at radius 1 is 1.16 bits per heavy atom. The second-order valence-corrected chi connectivity index (χ2v) is 7.15. The summed E-state index contributed by atoms with van der Waals surface area (Å²) in [6, 6.07) is 4.39. The molecule has 1 aromatic rings. The van der Waals surface area contributed by atoms with Gasteiger partial charge in [0.2, 0.25) is 5.91 Å². The number of nitrogens with zero attached hydrogens (tertiary/aromatic N) is 2. The Kier molecular flexibility index (Phi) is 7.22. The first-order valence-electron chi connectivity index (χ1n) is 8.30. The number of benzene rings is 1. The van der Waals surface area contributed by atoms with Crippen molar-refractivity contribution in [2.45, 2.75) is 12.8 Å². The van der Waals surface area contributed by atoms with E-state index in [1.165, 1.54) is 12.1 Å². The number of hydrogen-bond donors (Lipinski definition) is 1. The first-order chi connectivity index (χ1) is 11.6. The highest BCUT2D eigenvalue weighted by molar-refractivity contribution is 9.10. The minimum Gasteiger partial charge on any atom is -0.340 e. The molecule has 1 N–H and O–H groups in total. The van der Waals surface area contributed by atoms with Crippen molar-refractivity contribution >= 4 is 40.2 Å². The summed E-state index contributed by atoms with van der Waals surface area (Å²) in [6.45, 7) is 4.11. The Labute approximate surface area is 161 Å². The number of nitrogens with one attached hydrogen (secondary N) is 1. The maximum Gasteiger partial charge on any atom is 0.253 e. The molecular formula is C17H22BrClFN3O2. The number of halogens is 3. The number of piperazine rings is 1. The molecule has 2 aliphatic heterocycles. The van der Waals surface area contributed by atoms with Crippen LogP contribution in [0, 0.1) is 11.7 Å². The average Bonchev–Trinajstić information content (AvgIpc) is 2.63. The number of hydrogen-bond acceptors (Lipinski definition) is 3. The lowest BCUT2D eigenvalue weighted by Crippen LogP contribution is -2.52. The summed E-state index contributed by atoms with van der Waals surface area (Å²) in [4.78, 5) is 28.8. The van der Waals surface area contributed by atoms with E-state index in [1.54, 1.807) is 11.0 Å². The van der Waals surface area contributed by atoms with Crippen LogP contribution in [0.15, 0.2) is 22.7 Å². The molecular weight excluding hydrogens is 413 g/mol. The van der Waals surface area contributed by atoms with Gasteiger partial charge in [0.25, 0.3) is 5.91 Å². The molecule has 3 rings (SSSR count). The molecule has 2 amide bonds. The van der Waals surface area contributed by atoms with Gasteiger partial charge in [-0.05, 0) is 47.0 Å². The normalized spacial score (nSPS) is 20.8. The smallest absolute Gasteiger partial charge is 0.253 e. The number of likely N-dealkylation sites (tertiary alicyclic amines) is 1. The zero-order chi connectivity index (χ0) is 17.1. The van der Waals surface area contributed by atoms with E-state index < -0.39 is 5.82 Å². The van der Waals surface area contributed by atoms with Gasteiger partial charge in [0, 0.05) is 44.8 Å². The average molecular weight is 435 g/mol. The third kappa shape index (κ3) is 4.71. The predicted octanol–water partition coefficient (Wildman–Crippen LogP) is 2.29. The summed E-state index contributed by atoms with van der Waals surface area (Å²) in [5.41, 5.74) is 0.325. The van der Waals surface area contributed by atoms with Gasteiger partial charge in [-0.25, -0.2) is 4.39 Å². The Bertz CT molecular complexity index is 640. The maximum absolute atomic E-state index is 13.7. The molecule has 0 bridgehead atoms. The van der Waals surface area contributed by atoms with Crippen molar-refractivity contribution in [2.24, 2.45) is 5.92 Å². The van der Waals surface area contributed by atoms with Crippen LogP contribution in [0.3, 0.4) is 0 Å². The topological polar surface area (TPSA) is 52.7 Å². The lowest BCUT2D eigenvalue weighted by atomic mass is 9.95. The van der Waals surface area contributed by atoms with Gasteiger partial charge in [-0.2, -0.15) is 0 Å². The van der Waals surface area contributed by atoms with Gasteiger partial charge in [-0.3, -0.25) is 9.59 Å². The molecule has 0 radical (unpaired) electrons. The van der Waals surface area contributed by atoms with Gasteiger partial charge in [0.15, 0.2) is 0 Å². The zero-order valence-electron chi connectivity index (χ0n) is 13.8. The zero-order valence-corrected chi connectivity index (χ0v) is 16.2. The van der Waals surface area contributed by atoms with Crippen molar-refractivity contribution in [1.82, 2.24) is 15.1 Å². The minimum atomic E-state index is -0.452. The van der Waals surface area contributed by atoms with Crippen LogP contribution in [0.2, 0.25) is 0 Å². The molecule has 1 atom stereocenters. The Balaban J connectivity index is 0.00000225. The molecule has 25 heavy (non-hydrogen) atoms. The third-order valence-corrected chi connectivity index (χ3v) is 5.30. The quantitative estimate of drug-likeness (QED) is 0.777. The second-order valence-electron chi connectivity index (χ2n) is 6.29. The molecule has 5 nitrogen and oxygen atoms in total. The molecule has 1 unspecified atom stereocenters. The fourth-order valence-corrected chi connectivity index (χ4v) is 3.56. The van der Waals surface area contributed by atoms with E-state index in [1.807, 2.05) is 4.90 Å². The molecule has 0 aliphatic carbocycles. The van der Waals surface area contributed by atoms with Crippen molar-refractivity contribution in [3.05, 3.63) is 34.1 Å². The van der Waals surface area contributed by atoms with Crippen LogP contribution >= 0.6 is 28.3 Å². The lowest BCUT2D eigenvalue weighted by Gasteiger charge is -2.36. The standard InChI is InChI=1S/C17H21BrFN3O2.ClH/c18-14-4-3-12(10-15(14)19)16(23)22-7-1-2-13(11-22)17(24)21-8-5-20-6-9-21;/h3-4,10,13,20H,1-2,5-9,11H2;1H. The fraction of sp³-hybridized carbons (Fsp3) is 0.529. The van der Waals surface area contributed by atoms with Crippen molar-refractivity contribution in [3.63, 3.8) is 0 Å². The van der Waals surface area contributed by atoms with E-state index in [-0.39, 0.29) is 30.1 Å². The highest BCUT2D eigenvalue weighted by Crippen LogP contribution is 2.23. The summed E-state index contributed by atoms with van der Waals surface area (Å²) in [5.74, 6) is -0.678. The summed E-state index contributed by atoms with van der Waals surface area (Å²) in [6.07, 6.45) is 1.61. The second kappa shape index (κ2) is 8.96. The van der Waals surface area contributed by atoms with Crippen LogP contribution in [0.1, 0.15) is 23.2 Å². The largest absolute Gasteiger partial charge is 0.340 e. The number of amides is 2. The number of piperidine rings is 1. The van der Waals surface area contributed by atoms with E-state index in [2.05, 4.69) is 21.2 Å². The monoisotopic (exact) mass is 433 g/mol. The number of carbonyl (C=O) groups excluding carboxylic acids is 2. The molecule has 8 heteroatoms. The van der Waals surface area contributed by atoms with Gasteiger partial charge >= 0.3 is 0 Å². The van der Waals surface area contributed by atoms with Crippen molar-refractivity contribution in [3.8, 4) is 0 Å². The number of carbonyl (C=O) groups is 2. The minimum absolute atomic E-state index is 0. The van der Waals surface area contributed by atoms with E-state index in [4.69, 9.17) is 0 Å². The maximum atomic E-state index is 13.7. The van der Waals surface area contributed by atoms with Crippen LogP contribution in [0.5, 0.6) is 0 Å². The van der Waals surface area contributed by atoms with E-state index in [0.29, 0.717) is 23.1 Å². The summed E-state index contributed by atoms with van der Waals surface area (Å²) < 4.78 is 14.0. The predicted molar refractivity (Wildman–Crippen MR) is 99.4 cm³/mol. The SMILES string of the molecule is Cl.O=C(c1ccc(Br)c(F)c1)N1CCCC(C(=O)N2CCNCC2)C1. The van der Waals surface area contributed by atoms with Crippen LogP contribution in [-0.4, -0.2) is 60.9 Å². The molecule has 0 saturated carbocycles. The first kappa shape index (κ1) is 20.1. The van der Waals surface area contributed by atoms with Gasteiger partial charge in [0.1, 0.15) is 5.82 Å². The van der Waals surface area contributed by atoms with Crippen molar-refractivity contribution < 1.29 is 14.0 Å². The fourth-order valence-electron chi connectivity index (χ4n) is 3.32. The number of rotatable bonds is 2. The van der Waals surface area contributed by atoms with Crippen molar-refractivity contribution in [2.75, 3.05) is 39.3 Å². The van der Waals surface area contributed by atoms with Crippen molar-refractivity contribution in [1.29, 1.82) is 0 Å². The van der Waals surface area contributed by atoms with Gasteiger partial charge < -0.3 is 15.1 Å². The summed E-state index contributed by atoms with van der Waals surface area (Å²) in [5, 5.41) is 3.23. The molecule has 2 heterocycles. The van der Waals surface area contributed by atoms with Gasteiger partial charge in [-0.1, -0.05) is 0 Å². The third-order valence-electron chi connectivity index (χ3n) is 4.65. The van der Waals surface area contributed by atoms with E-state index in [9.17, 15) is 14.0 Å². The summed E-state index contributed by atoms with van der Waals surface area (Å²) in [7, 11) is 0. The molecule has 2 fully saturated rings. The van der Waals surface area contributed by atoms with E-state index in [0.717, 1.165) is 39.0 Å². The highest BCUT2D eigenvalue weighted by atomic mass is 79.9. The Morgan fingerprint density at radius 3 is 2.56 bits per heavy atom. The van der Waals surface area contributed by atoms with Crippen LogP contribution in [0.4, 0.5) is 4.39 Å². The van der Waals surface area contributed by atoms with Gasteiger partial charge in [0.05, 0.1) is 10.4 Å². The molecule has 0 spiro atoms. The first-order valence-corrected chi connectivity index (χ1v) is 9.09. The van der Waals surface area contributed by atoms with Gasteiger partial charge in [-0.15, -0.1) is 12.4 Å². The Morgan fingerprint density at radius 2 is 1.88 bits per heavy atom. The highest BCUT2D eigenvalue weighted by Gasteiger charge is 2.32. The van der Waals surface area contributed by atoms with Crippen LogP contribution < -0.4 is 5.32 Å². The lowest BCUT2D eigenvalue weighted by molar-refractivity contribution is -0.137. The molecule has 138 valence electrons. The molecule has 0 aromatic heterocycles. The van der Waals surface area contributed by atoms with Crippen LogP contribution in [0.25, 0.3) is 0 Å². The molecule has 1 aromatic carbocycles. The Hall–Kier alpha value is -1.18. The van der Waals surface area contributed by atoms with Crippen LogP contribution in [-0.2, 0) is 4.79 Å². The molecule has 2 aliphatic rings.